The maximum Gasteiger partial charge on any atom is 0.134 e. The van der Waals surface area contributed by atoms with Crippen molar-refractivity contribution < 1.29 is 4.42 Å². The number of furan rings is 1. The van der Waals surface area contributed by atoms with Crippen LogP contribution in [0.1, 0.15) is 29.9 Å². The molecule has 2 heteroatoms. The lowest BCUT2D eigenvalue weighted by atomic mass is 9.90. The third kappa shape index (κ3) is 1.79. The molecule has 0 radical (unpaired) electrons. The molecule has 2 heterocycles. The average molecular weight is 227 g/mol. The summed E-state index contributed by atoms with van der Waals surface area (Å²) in [5.74, 6) is 1.97. The quantitative estimate of drug-likeness (QED) is 0.807. The average Bonchev–Trinajstić information content (AvgIpc) is 2.76. The molecule has 1 N–H and O–H groups in total. The summed E-state index contributed by atoms with van der Waals surface area (Å²) >= 11 is 0. The summed E-state index contributed by atoms with van der Waals surface area (Å²) < 4.78 is 5.75. The minimum atomic E-state index is 0.440. The molecule has 1 unspecified atom stereocenters. The summed E-state index contributed by atoms with van der Waals surface area (Å²) in [7, 11) is 0. The van der Waals surface area contributed by atoms with E-state index in [1.54, 1.807) is 0 Å². The van der Waals surface area contributed by atoms with Gasteiger partial charge in [0.15, 0.2) is 0 Å². The molecule has 1 atom stereocenters. The molecule has 1 aliphatic rings. The van der Waals surface area contributed by atoms with E-state index >= 15 is 0 Å². The number of nitrogens with one attached hydrogen (secondary N) is 1. The molecule has 0 fully saturated rings. The third-order valence-electron chi connectivity index (χ3n) is 3.51. The number of fused-ring (bicyclic) bond motifs is 1. The lowest BCUT2D eigenvalue weighted by Crippen LogP contribution is -2.28. The molecule has 0 saturated heterocycles. The van der Waals surface area contributed by atoms with Crippen LogP contribution in [0.5, 0.6) is 0 Å². The standard InChI is InChI=1S/C15H17NO/c1-10-6-7-15(17-10)14-5-3-4-12-11(2)16-9-8-13(12)14/h3-7,11,16H,8-9H2,1-2H3. The Morgan fingerprint density at radius 3 is 2.88 bits per heavy atom. The van der Waals surface area contributed by atoms with Crippen molar-refractivity contribution in [2.45, 2.75) is 26.3 Å². The van der Waals surface area contributed by atoms with Crippen LogP contribution in [0.15, 0.2) is 34.7 Å². The predicted molar refractivity (Wildman–Crippen MR) is 69.0 cm³/mol. The Labute approximate surface area is 102 Å². The van der Waals surface area contributed by atoms with Crippen LogP contribution in [0.4, 0.5) is 0 Å². The highest BCUT2D eigenvalue weighted by Crippen LogP contribution is 2.32. The zero-order valence-corrected chi connectivity index (χ0v) is 10.3. The van der Waals surface area contributed by atoms with Crippen LogP contribution >= 0.6 is 0 Å². The molecule has 1 aliphatic heterocycles. The Bertz CT molecular complexity index is 542. The van der Waals surface area contributed by atoms with Crippen molar-refractivity contribution in [2.75, 3.05) is 6.54 Å². The van der Waals surface area contributed by atoms with Crippen LogP contribution in [-0.4, -0.2) is 6.54 Å². The summed E-state index contributed by atoms with van der Waals surface area (Å²) in [6.45, 7) is 5.25. The van der Waals surface area contributed by atoms with Gasteiger partial charge in [0.2, 0.25) is 0 Å². The van der Waals surface area contributed by atoms with Crippen LogP contribution in [0.3, 0.4) is 0 Å². The van der Waals surface area contributed by atoms with E-state index in [2.05, 4.69) is 36.5 Å². The Balaban J connectivity index is 2.15. The van der Waals surface area contributed by atoms with Gasteiger partial charge < -0.3 is 9.73 Å². The van der Waals surface area contributed by atoms with Crippen LogP contribution in [0, 0.1) is 6.92 Å². The topological polar surface area (TPSA) is 25.2 Å². The van der Waals surface area contributed by atoms with E-state index in [-0.39, 0.29) is 0 Å². The van der Waals surface area contributed by atoms with Crippen molar-refractivity contribution in [1.82, 2.24) is 5.32 Å². The first-order chi connectivity index (χ1) is 8.25. The lowest BCUT2D eigenvalue weighted by Gasteiger charge is -2.25. The fourth-order valence-corrected chi connectivity index (χ4v) is 2.62. The molecular weight excluding hydrogens is 210 g/mol. The van der Waals surface area contributed by atoms with Crippen molar-refractivity contribution in [3.63, 3.8) is 0 Å². The predicted octanol–water partition coefficient (Wildman–Crippen LogP) is 3.46. The van der Waals surface area contributed by atoms with Crippen molar-refractivity contribution >= 4 is 0 Å². The Hall–Kier alpha value is -1.54. The zero-order chi connectivity index (χ0) is 11.8. The SMILES string of the molecule is Cc1ccc(-c2cccc3c2CCNC3C)o1. The molecule has 2 nitrogen and oxygen atoms in total. The van der Waals surface area contributed by atoms with Crippen molar-refractivity contribution in [2.24, 2.45) is 0 Å². The molecule has 3 rings (SSSR count). The van der Waals surface area contributed by atoms with E-state index < -0.39 is 0 Å². The Morgan fingerprint density at radius 2 is 2.12 bits per heavy atom. The van der Waals surface area contributed by atoms with Crippen molar-refractivity contribution in [3.05, 3.63) is 47.2 Å². The van der Waals surface area contributed by atoms with Gasteiger partial charge in [0.1, 0.15) is 11.5 Å². The maximum atomic E-state index is 5.75. The second-order valence-corrected chi connectivity index (χ2v) is 4.71. The first-order valence-corrected chi connectivity index (χ1v) is 6.17. The van der Waals surface area contributed by atoms with Gasteiger partial charge in [-0.3, -0.25) is 0 Å². The monoisotopic (exact) mass is 227 g/mol. The first-order valence-electron chi connectivity index (χ1n) is 6.17. The molecular formula is C15H17NO. The number of hydrogen-bond donors (Lipinski definition) is 1. The smallest absolute Gasteiger partial charge is 0.134 e. The van der Waals surface area contributed by atoms with Crippen LogP contribution < -0.4 is 5.32 Å². The molecule has 0 bridgehead atoms. The van der Waals surface area contributed by atoms with E-state index in [1.807, 2.05) is 13.0 Å². The number of rotatable bonds is 1. The molecule has 0 spiro atoms. The number of hydrogen-bond acceptors (Lipinski definition) is 2. The van der Waals surface area contributed by atoms with Gasteiger partial charge in [0.05, 0.1) is 0 Å². The Kier molecular flexibility index (Phi) is 2.52. The number of aryl methyl sites for hydroxylation is 1. The second-order valence-electron chi connectivity index (χ2n) is 4.71. The minimum Gasteiger partial charge on any atom is -0.461 e. The first kappa shape index (κ1) is 10.6. The van der Waals surface area contributed by atoms with Gasteiger partial charge in [-0.1, -0.05) is 18.2 Å². The summed E-state index contributed by atoms with van der Waals surface area (Å²) in [4.78, 5) is 0. The fourth-order valence-electron chi connectivity index (χ4n) is 2.62. The van der Waals surface area contributed by atoms with E-state index in [0.717, 1.165) is 24.5 Å². The summed E-state index contributed by atoms with van der Waals surface area (Å²) in [6.07, 6.45) is 1.08. The summed E-state index contributed by atoms with van der Waals surface area (Å²) in [5, 5.41) is 3.49. The van der Waals surface area contributed by atoms with Gasteiger partial charge in [-0.05, 0) is 50.1 Å². The third-order valence-corrected chi connectivity index (χ3v) is 3.51. The normalized spacial score (nSPS) is 19.1. The van der Waals surface area contributed by atoms with Gasteiger partial charge >= 0.3 is 0 Å². The summed E-state index contributed by atoms with van der Waals surface area (Å²) in [6, 6.07) is 11.0. The molecule has 0 amide bonds. The molecule has 1 aromatic heterocycles. The van der Waals surface area contributed by atoms with Crippen LogP contribution in [0.2, 0.25) is 0 Å². The highest BCUT2D eigenvalue weighted by Gasteiger charge is 2.19. The molecule has 88 valence electrons. The molecule has 2 aromatic rings. The maximum absolute atomic E-state index is 5.75. The van der Waals surface area contributed by atoms with Gasteiger partial charge in [-0.2, -0.15) is 0 Å². The molecule has 0 saturated carbocycles. The van der Waals surface area contributed by atoms with Crippen LogP contribution in [-0.2, 0) is 6.42 Å². The van der Waals surface area contributed by atoms with E-state index in [9.17, 15) is 0 Å². The molecule has 1 aromatic carbocycles. The fraction of sp³-hybridized carbons (Fsp3) is 0.333. The van der Waals surface area contributed by atoms with E-state index in [1.165, 1.54) is 16.7 Å². The molecule has 17 heavy (non-hydrogen) atoms. The van der Waals surface area contributed by atoms with Gasteiger partial charge in [-0.25, -0.2) is 0 Å². The van der Waals surface area contributed by atoms with Gasteiger partial charge in [0, 0.05) is 11.6 Å². The second kappa shape index (κ2) is 4.04. The largest absolute Gasteiger partial charge is 0.461 e. The summed E-state index contributed by atoms with van der Waals surface area (Å²) in [5.41, 5.74) is 4.10. The molecule has 0 aliphatic carbocycles. The van der Waals surface area contributed by atoms with E-state index in [4.69, 9.17) is 4.42 Å². The highest BCUT2D eigenvalue weighted by atomic mass is 16.3. The van der Waals surface area contributed by atoms with Crippen molar-refractivity contribution in [3.8, 4) is 11.3 Å². The number of benzene rings is 1. The highest BCUT2D eigenvalue weighted by molar-refractivity contribution is 5.65. The van der Waals surface area contributed by atoms with Crippen LogP contribution in [0.25, 0.3) is 11.3 Å². The van der Waals surface area contributed by atoms with Crippen molar-refractivity contribution in [1.29, 1.82) is 0 Å². The Morgan fingerprint density at radius 1 is 1.24 bits per heavy atom. The van der Waals surface area contributed by atoms with E-state index in [0.29, 0.717) is 6.04 Å². The van der Waals surface area contributed by atoms with Gasteiger partial charge in [0.25, 0.3) is 0 Å². The zero-order valence-electron chi connectivity index (χ0n) is 10.3. The minimum absolute atomic E-state index is 0.440. The lowest BCUT2D eigenvalue weighted by molar-refractivity contribution is 0.532. The van der Waals surface area contributed by atoms with Gasteiger partial charge in [-0.15, -0.1) is 0 Å².